The Hall–Kier alpha value is -2.84. The molecule has 4 rings (SSSR count). The highest BCUT2D eigenvalue weighted by molar-refractivity contribution is 5.79. The van der Waals surface area contributed by atoms with Crippen LogP contribution in [0, 0.1) is 22.7 Å². The van der Waals surface area contributed by atoms with Gasteiger partial charge in [0.2, 0.25) is 6.10 Å². The van der Waals surface area contributed by atoms with Gasteiger partial charge in [-0.15, -0.1) is 0 Å². The summed E-state index contributed by atoms with van der Waals surface area (Å²) in [5, 5.41) is 13.0. The maximum absolute atomic E-state index is 12.9. The normalized spacial score (nSPS) is 23.4. The minimum absolute atomic E-state index is 0.126. The molecule has 1 N–H and O–H groups in total. The van der Waals surface area contributed by atoms with Crippen molar-refractivity contribution in [1.82, 2.24) is 0 Å². The van der Waals surface area contributed by atoms with Crippen molar-refractivity contribution in [2.45, 2.75) is 57.8 Å². The molecule has 0 saturated heterocycles. The molecule has 156 valence electrons. The molecule has 0 heterocycles. The van der Waals surface area contributed by atoms with Crippen molar-refractivity contribution in [1.29, 1.82) is 5.26 Å². The van der Waals surface area contributed by atoms with Gasteiger partial charge in [0, 0.05) is 22.4 Å². The predicted molar refractivity (Wildman–Crippen MR) is 115 cm³/mol. The number of nitrogens with one attached hydrogen (secondary N) is 1. The maximum Gasteiger partial charge on any atom is 0.313 e. The number of nitrogens with zero attached hydrogens (tertiary/aromatic N) is 1. The summed E-state index contributed by atoms with van der Waals surface area (Å²) in [5.74, 6) is -0.671. The molecular weight excluding hydrogens is 376 g/mol. The number of esters is 1. The lowest BCUT2D eigenvalue weighted by Crippen LogP contribution is -2.17. The second-order valence-corrected chi connectivity index (χ2v) is 8.82. The van der Waals surface area contributed by atoms with Crippen molar-refractivity contribution in [2.24, 2.45) is 11.3 Å². The van der Waals surface area contributed by atoms with Crippen LogP contribution in [0.2, 0.25) is 0 Å². The average Bonchev–Trinajstić information content (AvgIpc) is 3.07. The molecule has 3 atom stereocenters. The van der Waals surface area contributed by atoms with Crippen LogP contribution >= 0.6 is 0 Å². The Morgan fingerprint density at radius 1 is 1.10 bits per heavy atom. The first-order valence-electron chi connectivity index (χ1n) is 10.7. The van der Waals surface area contributed by atoms with E-state index in [1.807, 2.05) is 68.4 Å². The lowest BCUT2D eigenvalue weighted by molar-refractivity contribution is -0.150. The summed E-state index contributed by atoms with van der Waals surface area (Å²) in [4.78, 5) is 12.9. The molecule has 2 aromatic carbocycles. The minimum Gasteiger partial charge on any atom is -0.442 e. The number of nitriles is 1. The fourth-order valence-corrected chi connectivity index (χ4v) is 4.33. The third-order valence-corrected chi connectivity index (χ3v) is 6.23. The van der Waals surface area contributed by atoms with Gasteiger partial charge in [-0.1, -0.05) is 57.0 Å². The number of carbonyl (C=O) groups is 1. The Morgan fingerprint density at radius 2 is 1.80 bits per heavy atom. The number of para-hydroxylation sites is 1. The van der Waals surface area contributed by atoms with E-state index >= 15 is 0 Å². The Kier molecular flexibility index (Phi) is 5.78. The van der Waals surface area contributed by atoms with Crippen molar-refractivity contribution >= 4 is 17.3 Å². The predicted octanol–water partition coefficient (Wildman–Crippen LogP) is 5.52. The summed E-state index contributed by atoms with van der Waals surface area (Å²) in [7, 11) is 0. The molecular formula is C25H28N2O3. The van der Waals surface area contributed by atoms with E-state index in [1.54, 1.807) is 0 Å². The molecule has 2 aliphatic rings. The quantitative estimate of drug-likeness (QED) is 0.615. The van der Waals surface area contributed by atoms with Gasteiger partial charge in [0.05, 0.1) is 18.1 Å². The van der Waals surface area contributed by atoms with Gasteiger partial charge in [0.25, 0.3) is 0 Å². The summed E-state index contributed by atoms with van der Waals surface area (Å²) < 4.78 is 11.8. The second kappa shape index (κ2) is 8.49. The summed E-state index contributed by atoms with van der Waals surface area (Å²) in [6.07, 6.45) is 3.69. The van der Waals surface area contributed by atoms with E-state index in [1.165, 1.54) is 12.8 Å². The number of benzene rings is 2. The van der Waals surface area contributed by atoms with Crippen LogP contribution in [-0.2, 0) is 14.3 Å². The van der Waals surface area contributed by atoms with Gasteiger partial charge in [-0.25, -0.2) is 0 Å². The van der Waals surface area contributed by atoms with E-state index in [9.17, 15) is 10.1 Å². The molecule has 2 aliphatic carbocycles. The highest BCUT2D eigenvalue weighted by Crippen LogP contribution is 2.56. The van der Waals surface area contributed by atoms with Gasteiger partial charge in [-0.05, 0) is 37.1 Å². The van der Waals surface area contributed by atoms with Crippen LogP contribution in [0.1, 0.15) is 51.2 Å². The van der Waals surface area contributed by atoms with Gasteiger partial charge in [0.1, 0.15) is 6.07 Å². The van der Waals surface area contributed by atoms with Crippen LogP contribution in [0.25, 0.3) is 0 Å². The lowest BCUT2D eigenvalue weighted by atomic mass is 10.1. The van der Waals surface area contributed by atoms with Crippen LogP contribution in [0.15, 0.2) is 54.6 Å². The Labute approximate surface area is 178 Å². The van der Waals surface area contributed by atoms with Crippen LogP contribution < -0.4 is 5.32 Å². The Bertz CT molecular complexity index is 929. The standard InChI is InChI=1S/C25H28N2O3/c1-25(2)22(23(25)29-20-13-6-7-14-20)24(28)30-21(16-26)17-9-8-12-19(15-17)27-18-10-4-3-5-11-18/h3-5,8-12,15,20-23,27H,6-7,13-14H2,1-2H3. The Balaban J connectivity index is 1.41. The smallest absolute Gasteiger partial charge is 0.313 e. The van der Waals surface area contributed by atoms with Crippen molar-refractivity contribution < 1.29 is 14.3 Å². The summed E-state index contributed by atoms with van der Waals surface area (Å²) >= 11 is 0. The van der Waals surface area contributed by atoms with Crippen LogP contribution in [-0.4, -0.2) is 18.2 Å². The van der Waals surface area contributed by atoms with Crippen LogP contribution in [0.5, 0.6) is 0 Å². The maximum atomic E-state index is 12.9. The SMILES string of the molecule is CC1(C)C(OC2CCCC2)C1C(=O)OC(C#N)c1cccc(Nc2ccccc2)c1. The van der Waals surface area contributed by atoms with E-state index in [0.717, 1.165) is 24.2 Å². The number of carbonyl (C=O) groups excluding carboxylic acids is 1. The van der Waals surface area contributed by atoms with Gasteiger partial charge < -0.3 is 14.8 Å². The molecule has 30 heavy (non-hydrogen) atoms. The topological polar surface area (TPSA) is 71.3 Å². The largest absolute Gasteiger partial charge is 0.442 e. The monoisotopic (exact) mass is 404 g/mol. The van der Waals surface area contributed by atoms with Gasteiger partial charge in [-0.3, -0.25) is 4.79 Å². The zero-order chi connectivity index (χ0) is 21.1. The molecule has 5 heteroatoms. The molecule has 3 unspecified atom stereocenters. The summed E-state index contributed by atoms with van der Waals surface area (Å²) in [5.41, 5.74) is 2.19. The minimum atomic E-state index is -0.946. The second-order valence-electron chi connectivity index (χ2n) is 8.82. The first-order valence-corrected chi connectivity index (χ1v) is 10.7. The molecule has 0 aliphatic heterocycles. The fourth-order valence-electron chi connectivity index (χ4n) is 4.33. The number of hydrogen-bond acceptors (Lipinski definition) is 5. The highest BCUT2D eigenvalue weighted by Gasteiger charge is 2.65. The van der Waals surface area contributed by atoms with E-state index in [0.29, 0.717) is 5.56 Å². The molecule has 2 aromatic rings. The van der Waals surface area contributed by atoms with Crippen LogP contribution in [0.3, 0.4) is 0 Å². The first kappa shape index (κ1) is 20.4. The van der Waals surface area contributed by atoms with E-state index in [2.05, 4.69) is 11.4 Å². The summed E-state index contributed by atoms with van der Waals surface area (Å²) in [6, 6.07) is 19.3. The number of ether oxygens (including phenoxy) is 2. The molecule has 0 spiro atoms. The molecule has 0 aromatic heterocycles. The zero-order valence-electron chi connectivity index (χ0n) is 17.5. The number of anilines is 2. The van der Waals surface area contributed by atoms with Crippen LogP contribution in [0.4, 0.5) is 11.4 Å². The van der Waals surface area contributed by atoms with Crippen molar-refractivity contribution in [3.05, 3.63) is 60.2 Å². The van der Waals surface area contributed by atoms with Gasteiger partial charge in [-0.2, -0.15) is 5.26 Å². The molecule has 0 bridgehead atoms. The van der Waals surface area contributed by atoms with Crippen molar-refractivity contribution in [3.63, 3.8) is 0 Å². The lowest BCUT2D eigenvalue weighted by Gasteiger charge is -2.14. The Morgan fingerprint density at radius 3 is 2.50 bits per heavy atom. The average molecular weight is 405 g/mol. The zero-order valence-corrected chi connectivity index (χ0v) is 17.5. The molecule has 0 radical (unpaired) electrons. The van der Waals surface area contributed by atoms with E-state index in [-0.39, 0.29) is 29.5 Å². The molecule has 5 nitrogen and oxygen atoms in total. The van der Waals surface area contributed by atoms with E-state index < -0.39 is 6.10 Å². The number of hydrogen-bond donors (Lipinski definition) is 1. The first-order chi connectivity index (χ1) is 14.5. The van der Waals surface area contributed by atoms with Gasteiger partial charge >= 0.3 is 5.97 Å². The third kappa shape index (κ3) is 4.34. The highest BCUT2D eigenvalue weighted by atomic mass is 16.6. The fraction of sp³-hybridized carbons (Fsp3) is 0.440. The molecule has 2 saturated carbocycles. The van der Waals surface area contributed by atoms with Crippen molar-refractivity contribution in [3.8, 4) is 6.07 Å². The molecule has 2 fully saturated rings. The third-order valence-electron chi connectivity index (χ3n) is 6.23. The van der Waals surface area contributed by atoms with E-state index in [4.69, 9.17) is 9.47 Å². The number of rotatable bonds is 7. The molecule has 0 amide bonds. The van der Waals surface area contributed by atoms with Gasteiger partial charge in [0.15, 0.2) is 0 Å². The summed E-state index contributed by atoms with van der Waals surface area (Å²) in [6.45, 7) is 4.06. The van der Waals surface area contributed by atoms with Crippen molar-refractivity contribution in [2.75, 3.05) is 5.32 Å².